The van der Waals surface area contributed by atoms with E-state index in [0.29, 0.717) is 57.4 Å². The molecule has 1 aromatic rings. The van der Waals surface area contributed by atoms with Gasteiger partial charge in [0.1, 0.15) is 5.67 Å². The molecule has 2 aliphatic rings. The number of carbonyl (C=O) groups is 1. The third kappa shape index (κ3) is 4.26. The van der Waals surface area contributed by atoms with E-state index in [2.05, 4.69) is 20.4 Å². The molecule has 7 nitrogen and oxygen atoms in total. The van der Waals surface area contributed by atoms with E-state index in [1.165, 1.54) is 0 Å². The number of aromatic nitrogens is 2. The molecule has 3 heterocycles. The number of rotatable bonds is 5. The quantitative estimate of drug-likeness (QED) is 0.863. The zero-order chi connectivity index (χ0) is 16.3. The summed E-state index contributed by atoms with van der Waals surface area (Å²) in [7, 11) is 0. The fourth-order valence-corrected chi connectivity index (χ4v) is 3.02. The molecule has 3 rings (SSSR count). The van der Waals surface area contributed by atoms with Crippen molar-refractivity contribution in [3.63, 3.8) is 0 Å². The fourth-order valence-electron chi connectivity index (χ4n) is 3.02. The van der Waals surface area contributed by atoms with Gasteiger partial charge in [-0.25, -0.2) is 4.39 Å². The Morgan fingerprint density at radius 2 is 2.26 bits per heavy atom. The number of hydrogen-bond donors (Lipinski definition) is 1. The van der Waals surface area contributed by atoms with Gasteiger partial charge in [0.2, 0.25) is 11.8 Å². The van der Waals surface area contributed by atoms with Crippen molar-refractivity contribution in [2.24, 2.45) is 5.92 Å². The number of amides is 1. The summed E-state index contributed by atoms with van der Waals surface area (Å²) in [6, 6.07) is 0. The van der Waals surface area contributed by atoms with Crippen molar-refractivity contribution in [1.29, 1.82) is 0 Å². The second-order valence-corrected chi connectivity index (χ2v) is 6.44. The standard InChI is InChI=1S/C15H23FN4O3/c1-11-18-13(23-19-11)8-20-5-3-15(16,4-6-20)10-17-14(21)12-2-7-22-9-12/h12H,2-10H2,1H3,(H,17,21). The van der Waals surface area contributed by atoms with E-state index >= 15 is 0 Å². The predicted molar refractivity (Wildman–Crippen MR) is 79.3 cm³/mol. The van der Waals surface area contributed by atoms with E-state index in [0.717, 1.165) is 6.42 Å². The molecule has 0 aliphatic carbocycles. The number of hydrogen-bond acceptors (Lipinski definition) is 6. The molecule has 1 atom stereocenters. The third-order valence-electron chi connectivity index (χ3n) is 4.56. The van der Waals surface area contributed by atoms with E-state index in [1.807, 2.05) is 0 Å². The van der Waals surface area contributed by atoms with Crippen LogP contribution >= 0.6 is 0 Å². The highest BCUT2D eigenvalue weighted by Gasteiger charge is 2.36. The Morgan fingerprint density at radius 3 is 2.87 bits per heavy atom. The van der Waals surface area contributed by atoms with Crippen LogP contribution in [0.5, 0.6) is 0 Å². The van der Waals surface area contributed by atoms with Crippen LogP contribution in [0.15, 0.2) is 4.52 Å². The van der Waals surface area contributed by atoms with E-state index in [4.69, 9.17) is 9.26 Å². The molecular formula is C15H23FN4O3. The average molecular weight is 326 g/mol. The van der Waals surface area contributed by atoms with Gasteiger partial charge in [-0.2, -0.15) is 4.98 Å². The highest BCUT2D eigenvalue weighted by atomic mass is 19.1. The van der Waals surface area contributed by atoms with Crippen LogP contribution in [-0.2, 0) is 16.1 Å². The molecule has 0 spiro atoms. The predicted octanol–water partition coefficient (Wildman–Crippen LogP) is 0.835. The van der Waals surface area contributed by atoms with E-state index in [9.17, 15) is 9.18 Å². The summed E-state index contributed by atoms with van der Waals surface area (Å²) in [5, 5.41) is 6.50. The molecule has 1 aromatic heterocycles. The van der Waals surface area contributed by atoms with Crippen molar-refractivity contribution in [1.82, 2.24) is 20.4 Å². The minimum atomic E-state index is -1.34. The van der Waals surface area contributed by atoms with Gasteiger partial charge in [-0.3, -0.25) is 9.69 Å². The lowest BCUT2D eigenvalue weighted by Gasteiger charge is -2.35. The van der Waals surface area contributed by atoms with Crippen LogP contribution in [0.2, 0.25) is 0 Å². The van der Waals surface area contributed by atoms with Crippen molar-refractivity contribution in [2.75, 3.05) is 32.8 Å². The summed E-state index contributed by atoms with van der Waals surface area (Å²) in [5.41, 5.74) is -1.34. The van der Waals surface area contributed by atoms with Crippen molar-refractivity contribution in [2.45, 2.75) is 38.4 Å². The molecule has 2 aliphatic heterocycles. The number of alkyl halides is 1. The van der Waals surface area contributed by atoms with Crippen molar-refractivity contribution in [3.8, 4) is 0 Å². The van der Waals surface area contributed by atoms with Crippen LogP contribution in [0.3, 0.4) is 0 Å². The minimum Gasteiger partial charge on any atom is -0.381 e. The molecule has 2 saturated heterocycles. The van der Waals surface area contributed by atoms with Crippen LogP contribution in [-0.4, -0.2) is 59.5 Å². The molecule has 1 unspecified atom stereocenters. The summed E-state index contributed by atoms with van der Waals surface area (Å²) in [6.07, 6.45) is 1.51. The Morgan fingerprint density at radius 1 is 1.48 bits per heavy atom. The SMILES string of the molecule is Cc1noc(CN2CCC(F)(CNC(=O)C3CCOC3)CC2)n1. The Balaban J connectivity index is 1.42. The zero-order valence-corrected chi connectivity index (χ0v) is 13.4. The highest BCUT2D eigenvalue weighted by Crippen LogP contribution is 2.27. The van der Waals surface area contributed by atoms with E-state index in [-0.39, 0.29) is 18.4 Å². The maximum atomic E-state index is 14.8. The zero-order valence-electron chi connectivity index (χ0n) is 13.4. The van der Waals surface area contributed by atoms with Gasteiger partial charge < -0.3 is 14.6 Å². The van der Waals surface area contributed by atoms with Crippen LogP contribution in [0.25, 0.3) is 0 Å². The maximum absolute atomic E-state index is 14.8. The Bertz CT molecular complexity index is 537. The molecule has 8 heteroatoms. The summed E-state index contributed by atoms with van der Waals surface area (Å²) in [6.45, 7) is 4.68. The minimum absolute atomic E-state index is 0.0792. The Kier molecular flexibility index (Phi) is 4.91. The lowest BCUT2D eigenvalue weighted by molar-refractivity contribution is -0.125. The number of carbonyl (C=O) groups excluding carboxylic acids is 1. The summed E-state index contributed by atoms with van der Waals surface area (Å²) < 4.78 is 25.1. The number of piperidine rings is 1. The molecule has 23 heavy (non-hydrogen) atoms. The van der Waals surface area contributed by atoms with E-state index in [1.54, 1.807) is 6.92 Å². The first-order valence-corrected chi connectivity index (χ1v) is 8.10. The van der Waals surface area contributed by atoms with Crippen LogP contribution < -0.4 is 5.32 Å². The number of halogens is 1. The third-order valence-corrected chi connectivity index (χ3v) is 4.56. The van der Waals surface area contributed by atoms with Gasteiger partial charge >= 0.3 is 0 Å². The van der Waals surface area contributed by atoms with Crippen molar-refractivity contribution < 1.29 is 18.4 Å². The molecule has 0 saturated carbocycles. The molecule has 0 bridgehead atoms. The molecule has 2 fully saturated rings. The first kappa shape index (κ1) is 16.3. The van der Waals surface area contributed by atoms with Gasteiger partial charge in [0, 0.05) is 19.7 Å². The van der Waals surface area contributed by atoms with Gasteiger partial charge in [-0.05, 0) is 26.2 Å². The summed E-state index contributed by atoms with van der Waals surface area (Å²) in [5.74, 6) is 0.946. The first-order chi connectivity index (χ1) is 11.0. The van der Waals surface area contributed by atoms with E-state index < -0.39 is 5.67 Å². The van der Waals surface area contributed by atoms with Gasteiger partial charge in [-0.15, -0.1) is 0 Å². The monoisotopic (exact) mass is 326 g/mol. The smallest absolute Gasteiger partial charge is 0.240 e. The van der Waals surface area contributed by atoms with Gasteiger partial charge in [0.15, 0.2) is 5.82 Å². The molecule has 1 N–H and O–H groups in total. The largest absolute Gasteiger partial charge is 0.381 e. The van der Waals surface area contributed by atoms with Crippen molar-refractivity contribution >= 4 is 5.91 Å². The topological polar surface area (TPSA) is 80.5 Å². The number of aryl methyl sites for hydroxylation is 1. The molecule has 128 valence electrons. The van der Waals surface area contributed by atoms with Gasteiger partial charge in [0.05, 0.1) is 25.6 Å². The normalized spacial score (nSPS) is 24.7. The fraction of sp³-hybridized carbons (Fsp3) is 0.800. The molecule has 1 amide bonds. The summed E-state index contributed by atoms with van der Waals surface area (Å²) in [4.78, 5) is 18.2. The lowest BCUT2D eigenvalue weighted by Crippen LogP contribution is -2.49. The molecular weight excluding hydrogens is 303 g/mol. The number of nitrogens with one attached hydrogen (secondary N) is 1. The lowest BCUT2D eigenvalue weighted by atomic mass is 9.93. The average Bonchev–Trinajstić information content (AvgIpc) is 3.20. The molecule has 0 aromatic carbocycles. The Hall–Kier alpha value is -1.54. The highest BCUT2D eigenvalue weighted by molar-refractivity contribution is 5.79. The van der Waals surface area contributed by atoms with Crippen molar-refractivity contribution in [3.05, 3.63) is 11.7 Å². The Labute approximate surface area is 134 Å². The maximum Gasteiger partial charge on any atom is 0.240 e. The first-order valence-electron chi connectivity index (χ1n) is 8.10. The molecule has 0 radical (unpaired) electrons. The van der Waals surface area contributed by atoms with Crippen LogP contribution in [0.1, 0.15) is 31.0 Å². The van der Waals surface area contributed by atoms with Gasteiger partial charge in [-0.1, -0.05) is 5.16 Å². The van der Waals surface area contributed by atoms with Crippen LogP contribution in [0.4, 0.5) is 4.39 Å². The second kappa shape index (κ2) is 6.92. The van der Waals surface area contributed by atoms with Crippen LogP contribution in [0, 0.1) is 12.8 Å². The second-order valence-electron chi connectivity index (χ2n) is 6.44. The number of ether oxygens (including phenoxy) is 1. The number of likely N-dealkylation sites (tertiary alicyclic amines) is 1. The summed E-state index contributed by atoms with van der Waals surface area (Å²) >= 11 is 0. The number of nitrogens with zero attached hydrogens (tertiary/aromatic N) is 3. The van der Waals surface area contributed by atoms with Gasteiger partial charge in [0.25, 0.3) is 0 Å².